The Morgan fingerprint density at radius 1 is 1.00 bits per heavy atom. The Morgan fingerprint density at radius 2 is 1.61 bits per heavy atom. The molecular formula is C21H31N3O4. The first-order chi connectivity index (χ1) is 13.0. The van der Waals surface area contributed by atoms with Crippen LogP contribution in [0.4, 0.5) is 10.5 Å². The molecule has 1 aromatic carbocycles. The number of hydrogen-bond donors (Lipinski definition) is 1. The van der Waals surface area contributed by atoms with Gasteiger partial charge >= 0.3 is 6.09 Å². The van der Waals surface area contributed by atoms with Gasteiger partial charge in [0.1, 0.15) is 5.60 Å². The predicted octanol–water partition coefficient (Wildman–Crippen LogP) is 3.10. The van der Waals surface area contributed by atoms with Crippen molar-refractivity contribution in [3.05, 3.63) is 29.3 Å². The molecule has 2 rings (SSSR count). The molecule has 0 saturated carbocycles. The number of benzene rings is 1. The second-order valence-electron chi connectivity index (χ2n) is 8.21. The van der Waals surface area contributed by atoms with Crippen LogP contribution in [0.5, 0.6) is 0 Å². The number of ether oxygens (including phenoxy) is 1. The van der Waals surface area contributed by atoms with Gasteiger partial charge in [-0.2, -0.15) is 0 Å². The van der Waals surface area contributed by atoms with E-state index in [0.29, 0.717) is 26.2 Å². The van der Waals surface area contributed by atoms with E-state index in [9.17, 15) is 14.4 Å². The van der Waals surface area contributed by atoms with Crippen molar-refractivity contribution in [3.8, 4) is 0 Å². The van der Waals surface area contributed by atoms with E-state index in [1.807, 2.05) is 52.8 Å². The maximum atomic E-state index is 12.4. The van der Waals surface area contributed by atoms with Crippen molar-refractivity contribution < 1.29 is 19.1 Å². The molecule has 0 aromatic heterocycles. The molecule has 1 aliphatic rings. The number of hydrogen-bond acceptors (Lipinski definition) is 4. The quantitative estimate of drug-likeness (QED) is 0.858. The van der Waals surface area contributed by atoms with E-state index >= 15 is 0 Å². The van der Waals surface area contributed by atoms with Gasteiger partial charge in [0.25, 0.3) is 0 Å². The molecule has 1 saturated heterocycles. The third-order valence-corrected chi connectivity index (χ3v) is 4.51. The summed E-state index contributed by atoms with van der Waals surface area (Å²) in [5.41, 5.74) is 2.37. The van der Waals surface area contributed by atoms with Crippen LogP contribution in [0.25, 0.3) is 0 Å². The molecule has 0 spiro atoms. The summed E-state index contributed by atoms with van der Waals surface area (Å²) in [5, 5.41) is 2.86. The SMILES string of the molecule is Cc1ccc(NC(=O)CCC(=O)N2CCN(C(=O)OC(C)(C)C)CC2)c(C)c1. The molecule has 0 bridgehead atoms. The highest BCUT2D eigenvalue weighted by molar-refractivity contribution is 5.93. The molecular weight excluding hydrogens is 358 g/mol. The summed E-state index contributed by atoms with van der Waals surface area (Å²) in [4.78, 5) is 39.9. The first kappa shape index (κ1) is 21.7. The molecule has 154 valence electrons. The molecule has 7 heteroatoms. The Balaban J connectivity index is 1.75. The number of piperazine rings is 1. The van der Waals surface area contributed by atoms with Gasteiger partial charge in [0, 0.05) is 44.7 Å². The second-order valence-corrected chi connectivity index (χ2v) is 8.21. The van der Waals surface area contributed by atoms with Crippen LogP contribution in [0.1, 0.15) is 44.7 Å². The zero-order valence-corrected chi connectivity index (χ0v) is 17.5. The van der Waals surface area contributed by atoms with Crippen molar-refractivity contribution in [2.45, 2.75) is 53.1 Å². The molecule has 1 aliphatic heterocycles. The zero-order chi connectivity index (χ0) is 20.9. The summed E-state index contributed by atoms with van der Waals surface area (Å²) < 4.78 is 5.36. The van der Waals surface area contributed by atoms with Crippen LogP contribution >= 0.6 is 0 Å². The largest absolute Gasteiger partial charge is 0.444 e. The van der Waals surface area contributed by atoms with Crippen LogP contribution in [-0.4, -0.2) is 59.5 Å². The standard InChI is InChI=1S/C21H31N3O4/c1-15-6-7-17(16(2)14-15)22-18(25)8-9-19(26)23-10-12-24(13-11-23)20(27)28-21(3,4)5/h6-7,14H,8-13H2,1-5H3,(H,22,25). The number of aryl methyl sites for hydroxylation is 2. The highest BCUT2D eigenvalue weighted by Crippen LogP contribution is 2.17. The molecule has 0 radical (unpaired) electrons. The van der Waals surface area contributed by atoms with Gasteiger partial charge in [0.05, 0.1) is 0 Å². The molecule has 0 aliphatic carbocycles. The fourth-order valence-corrected chi connectivity index (χ4v) is 3.01. The number of carbonyl (C=O) groups is 3. The van der Waals surface area contributed by atoms with E-state index in [1.165, 1.54) is 0 Å². The van der Waals surface area contributed by atoms with Crippen LogP contribution in [0.15, 0.2) is 18.2 Å². The molecule has 1 heterocycles. The van der Waals surface area contributed by atoms with Crippen molar-refractivity contribution in [2.75, 3.05) is 31.5 Å². The minimum absolute atomic E-state index is 0.0698. The third kappa shape index (κ3) is 6.55. The van der Waals surface area contributed by atoms with E-state index in [2.05, 4.69) is 5.32 Å². The smallest absolute Gasteiger partial charge is 0.410 e. The Hall–Kier alpha value is -2.57. The highest BCUT2D eigenvalue weighted by atomic mass is 16.6. The molecule has 3 amide bonds. The first-order valence-corrected chi connectivity index (χ1v) is 9.68. The van der Waals surface area contributed by atoms with Crippen molar-refractivity contribution >= 4 is 23.6 Å². The monoisotopic (exact) mass is 389 g/mol. The Labute approximate surface area is 167 Å². The van der Waals surface area contributed by atoms with Gasteiger partial charge < -0.3 is 19.9 Å². The number of carbonyl (C=O) groups excluding carboxylic acids is 3. The predicted molar refractivity (Wildman–Crippen MR) is 108 cm³/mol. The number of nitrogens with zero attached hydrogens (tertiary/aromatic N) is 2. The van der Waals surface area contributed by atoms with Gasteiger partial charge in [-0.25, -0.2) is 4.79 Å². The van der Waals surface area contributed by atoms with E-state index in [1.54, 1.807) is 9.80 Å². The molecule has 1 N–H and O–H groups in total. The third-order valence-electron chi connectivity index (χ3n) is 4.51. The van der Waals surface area contributed by atoms with E-state index in [4.69, 9.17) is 4.74 Å². The van der Waals surface area contributed by atoms with Crippen LogP contribution in [0, 0.1) is 13.8 Å². The fraction of sp³-hybridized carbons (Fsp3) is 0.571. The average Bonchev–Trinajstić information content (AvgIpc) is 2.61. The zero-order valence-electron chi connectivity index (χ0n) is 17.5. The van der Waals surface area contributed by atoms with E-state index in [0.717, 1.165) is 16.8 Å². The maximum absolute atomic E-state index is 12.4. The summed E-state index contributed by atoms with van der Waals surface area (Å²) in [7, 11) is 0. The Bertz CT molecular complexity index is 732. The minimum Gasteiger partial charge on any atom is -0.444 e. The van der Waals surface area contributed by atoms with Gasteiger partial charge in [0.15, 0.2) is 0 Å². The molecule has 0 atom stereocenters. The summed E-state index contributed by atoms with van der Waals surface area (Å²) in [5.74, 6) is -0.243. The molecule has 28 heavy (non-hydrogen) atoms. The summed E-state index contributed by atoms with van der Waals surface area (Å²) in [6.45, 7) is 11.2. The van der Waals surface area contributed by atoms with Gasteiger partial charge in [-0.15, -0.1) is 0 Å². The highest BCUT2D eigenvalue weighted by Gasteiger charge is 2.27. The topological polar surface area (TPSA) is 79.0 Å². The number of rotatable bonds is 4. The van der Waals surface area contributed by atoms with Crippen molar-refractivity contribution in [3.63, 3.8) is 0 Å². The lowest BCUT2D eigenvalue weighted by Gasteiger charge is -2.35. The number of anilines is 1. The van der Waals surface area contributed by atoms with Crippen molar-refractivity contribution in [2.24, 2.45) is 0 Å². The van der Waals surface area contributed by atoms with Crippen molar-refractivity contribution in [1.82, 2.24) is 9.80 Å². The average molecular weight is 389 g/mol. The van der Waals surface area contributed by atoms with Gasteiger partial charge in [-0.1, -0.05) is 17.7 Å². The molecule has 1 aromatic rings. The van der Waals surface area contributed by atoms with Gasteiger partial charge in [-0.3, -0.25) is 9.59 Å². The summed E-state index contributed by atoms with van der Waals surface area (Å²) >= 11 is 0. The fourth-order valence-electron chi connectivity index (χ4n) is 3.01. The second kappa shape index (κ2) is 9.08. The van der Waals surface area contributed by atoms with Crippen LogP contribution in [-0.2, 0) is 14.3 Å². The number of amides is 3. The van der Waals surface area contributed by atoms with Gasteiger partial charge in [-0.05, 0) is 46.2 Å². The van der Waals surface area contributed by atoms with Crippen LogP contribution in [0.3, 0.4) is 0 Å². The maximum Gasteiger partial charge on any atom is 0.410 e. The normalized spacial score (nSPS) is 14.6. The van der Waals surface area contributed by atoms with E-state index in [-0.39, 0.29) is 30.7 Å². The minimum atomic E-state index is -0.535. The lowest BCUT2D eigenvalue weighted by molar-refractivity contribution is -0.134. The molecule has 0 unspecified atom stereocenters. The summed E-state index contributed by atoms with van der Waals surface area (Å²) in [6, 6.07) is 5.82. The first-order valence-electron chi connectivity index (χ1n) is 9.68. The van der Waals surface area contributed by atoms with Crippen molar-refractivity contribution in [1.29, 1.82) is 0 Å². The van der Waals surface area contributed by atoms with Crippen LogP contribution in [0.2, 0.25) is 0 Å². The molecule has 1 fully saturated rings. The van der Waals surface area contributed by atoms with E-state index < -0.39 is 5.60 Å². The Morgan fingerprint density at radius 3 is 2.18 bits per heavy atom. The molecule has 7 nitrogen and oxygen atoms in total. The van der Waals surface area contributed by atoms with Crippen LogP contribution < -0.4 is 5.32 Å². The summed E-state index contributed by atoms with van der Waals surface area (Å²) in [6.07, 6.45) is -0.0610. The Kier molecular flexibility index (Phi) is 7.05. The van der Waals surface area contributed by atoms with Gasteiger partial charge in [0.2, 0.25) is 11.8 Å². The number of nitrogens with one attached hydrogen (secondary N) is 1. The lowest BCUT2D eigenvalue weighted by atomic mass is 10.1. The lowest BCUT2D eigenvalue weighted by Crippen LogP contribution is -2.51.